The number of piperidine rings is 1. The molecule has 0 unspecified atom stereocenters. The summed E-state index contributed by atoms with van der Waals surface area (Å²) in [6, 6.07) is 0.407. The van der Waals surface area contributed by atoms with Gasteiger partial charge in [-0.05, 0) is 12.8 Å². The molecule has 2 N–H and O–H groups in total. The van der Waals surface area contributed by atoms with E-state index in [2.05, 4.69) is 13.6 Å². The standard InChI is InChI=1S/C8H14N4S/c9-7-1-3-12(4-2-7)6-8-5-10-13-11-8/h5,7H,1-4,6,9H2. The van der Waals surface area contributed by atoms with Crippen molar-refractivity contribution in [3.05, 3.63) is 11.9 Å². The Morgan fingerprint density at radius 2 is 2.31 bits per heavy atom. The van der Waals surface area contributed by atoms with Crippen molar-refractivity contribution in [3.8, 4) is 0 Å². The molecule has 0 atom stereocenters. The van der Waals surface area contributed by atoms with Crippen LogP contribution in [0.25, 0.3) is 0 Å². The second-order valence-corrected chi connectivity index (χ2v) is 4.07. The Morgan fingerprint density at radius 1 is 1.54 bits per heavy atom. The minimum absolute atomic E-state index is 0.407. The average molecular weight is 198 g/mol. The van der Waals surface area contributed by atoms with Crippen LogP contribution in [0.4, 0.5) is 0 Å². The Morgan fingerprint density at radius 3 is 2.92 bits per heavy atom. The molecule has 1 aromatic rings. The molecule has 0 aromatic carbocycles. The molecule has 0 saturated carbocycles. The molecule has 2 heterocycles. The summed E-state index contributed by atoms with van der Waals surface area (Å²) < 4.78 is 8.17. The first-order valence-electron chi connectivity index (χ1n) is 4.59. The van der Waals surface area contributed by atoms with Gasteiger partial charge in [-0.3, -0.25) is 4.90 Å². The van der Waals surface area contributed by atoms with Gasteiger partial charge in [-0.1, -0.05) is 0 Å². The molecule has 0 bridgehead atoms. The molecule has 0 radical (unpaired) electrons. The summed E-state index contributed by atoms with van der Waals surface area (Å²) in [5.74, 6) is 0. The maximum Gasteiger partial charge on any atom is 0.0883 e. The summed E-state index contributed by atoms with van der Waals surface area (Å²) >= 11 is 1.28. The van der Waals surface area contributed by atoms with Crippen molar-refractivity contribution in [1.29, 1.82) is 0 Å². The lowest BCUT2D eigenvalue weighted by Gasteiger charge is -2.29. The Balaban J connectivity index is 1.83. The number of hydrogen-bond donors (Lipinski definition) is 1. The van der Waals surface area contributed by atoms with Crippen molar-refractivity contribution in [1.82, 2.24) is 13.6 Å². The predicted octanol–water partition coefficient (Wildman–Crippen LogP) is 0.461. The largest absolute Gasteiger partial charge is 0.328 e. The van der Waals surface area contributed by atoms with Crippen LogP contribution < -0.4 is 5.73 Å². The Labute approximate surface area is 82.1 Å². The molecule has 1 aliphatic rings. The summed E-state index contributed by atoms with van der Waals surface area (Å²) in [4.78, 5) is 2.39. The Hall–Kier alpha value is -0.520. The van der Waals surface area contributed by atoms with Gasteiger partial charge in [0.1, 0.15) is 0 Å². The van der Waals surface area contributed by atoms with Crippen LogP contribution in [-0.2, 0) is 6.54 Å². The van der Waals surface area contributed by atoms with E-state index >= 15 is 0 Å². The molecule has 13 heavy (non-hydrogen) atoms. The van der Waals surface area contributed by atoms with Gasteiger partial charge in [0.2, 0.25) is 0 Å². The minimum Gasteiger partial charge on any atom is -0.328 e. The second kappa shape index (κ2) is 4.13. The first kappa shape index (κ1) is 9.05. The third-order valence-electron chi connectivity index (χ3n) is 2.42. The maximum atomic E-state index is 5.82. The molecule has 1 fully saturated rings. The van der Waals surface area contributed by atoms with Crippen molar-refractivity contribution in [2.75, 3.05) is 13.1 Å². The number of hydrogen-bond acceptors (Lipinski definition) is 5. The van der Waals surface area contributed by atoms with Gasteiger partial charge < -0.3 is 5.73 Å². The van der Waals surface area contributed by atoms with Gasteiger partial charge in [0.25, 0.3) is 0 Å². The second-order valence-electron chi connectivity index (χ2n) is 3.51. The van der Waals surface area contributed by atoms with Crippen molar-refractivity contribution in [2.45, 2.75) is 25.4 Å². The van der Waals surface area contributed by atoms with Gasteiger partial charge in [0.15, 0.2) is 0 Å². The lowest BCUT2D eigenvalue weighted by molar-refractivity contribution is 0.204. The van der Waals surface area contributed by atoms with E-state index in [0.29, 0.717) is 6.04 Å². The van der Waals surface area contributed by atoms with E-state index in [4.69, 9.17) is 5.73 Å². The molecule has 0 aliphatic carbocycles. The van der Waals surface area contributed by atoms with E-state index in [1.807, 2.05) is 6.20 Å². The molecule has 1 saturated heterocycles. The SMILES string of the molecule is NC1CCN(Cc2cnsn2)CC1. The van der Waals surface area contributed by atoms with E-state index in [9.17, 15) is 0 Å². The van der Waals surface area contributed by atoms with Crippen LogP contribution in [0.15, 0.2) is 6.20 Å². The zero-order valence-corrected chi connectivity index (χ0v) is 8.33. The Kier molecular flexibility index (Phi) is 2.87. The third kappa shape index (κ3) is 2.46. The fourth-order valence-electron chi connectivity index (χ4n) is 1.59. The van der Waals surface area contributed by atoms with E-state index in [-0.39, 0.29) is 0 Å². The predicted molar refractivity (Wildman–Crippen MR) is 52.4 cm³/mol. The van der Waals surface area contributed by atoms with Crippen molar-refractivity contribution in [3.63, 3.8) is 0 Å². The normalized spacial score (nSPS) is 20.7. The topological polar surface area (TPSA) is 55.0 Å². The highest BCUT2D eigenvalue weighted by molar-refractivity contribution is 6.99. The minimum atomic E-state index is 0.407. The molecular weight excluding hydrogens is 184 g/mol. The molecule has 1 aromatic heterocycles. The number of aromatic nitrogens is 2. The fourth-order valence-corrected chi connectivity index (χ4v) is 2.02. The number of nitrogens with two attached hydrogens (primary N) is 1. The van der Waals surface area contributed by atoms with Gasteiger partial charge >= 0.3 is 0 Å². The quantitative estimate of drug-likeness (QED) is 0.750. The first-order valence-corrected chi connectivity index (χ1v) is 5.32. The van der Waals surface area contributed by atoms with Gasteiger partial charge in [-0.2, -0.15) is 8.75 Å². The molecule has 4 nitrogen and oxygen atoms in total. The van der Waals surface area contributed by atoms with Crippen LogP contribution in [0.5, 0.6) is 0 Å². The summed E-state index contributed by atoms with van der Waals surface area (Å²) in [5.41, 5.74) is 6.90. The van der Waals surface area contributed by atoms with Crippen molar-refractivity contribution in [2.24, 2.45) is 5.73 Å². The monoisotopic (exact) mass is 198 g/mol. The Bertz CT molecular complexity index is 241. The molecule has 2 rings (SSSR count). The van der Waals surface area contributed by atoms with E-state index < -0.39 is 0 Å². The van der Waals surface area contributed by atoms with Crippen LogP contribution in [0.1, 0.15) is 18.5 Å². The zero-order valence-electron chi connectivity index (χ0n) is 7.52. The van der Waals surface area contributed by atoms with Crippen molar-refractivity contribution < 1.29 is 0 Å². The molecule has 5 heteroatoms. The maximum absolute atomic E-state index is 5.82. The smallest absolute Gasteiger partial charge is 0.0883 e. The lowest BCUT2D eigenvalue weighted by Crippen LogP contribution is -2.39. The van der Waals surface area contributed by atoms with Crippen LogP contribution in [0.2, 0.25) is 0 Å². The van der Waals surface area contributed by atoms with E-state index in [1.165, 1.54) is 11.7 Å². The molecule has 0 amide bonds. The number of nitrogens with zero attached hydrogens (tertiary/aromatic N) is 3. The van der Waals surface area contributed by atoms with Crippen LogP contribution in [0.3, 0.4) is 0 Å². The van der Waals surface area contributed by atoms with Crippen LogP contribution >= 0.6 is 11.7 Å². The van der Waals surface area contributed by atoms with Gasteiger partial charge in [0, 0.05) is 25.7 Å². The van der Waals surface area contributed by atoms with E-state index in [0.717, 1.165) is 38.2 Å². The summed E-state index contributed by atoms with van der Waals surface area (Å²) in [6.45, 7) is 3.13. The highest BCUT2D eigenvalue weighted by Gasteiger charge is 2.16. The van der Waals surface area contributed by atoms with Gasteiger partial charge in [-0.25, -0.2) is 0 Å². The van der Waals surface area contributed by atoms with Crippen LogP contribution in [-0.4, -0.2) is 32.8 Å². The molecule has 72 valence electrons. The first-order chi connectivity index (χ1) is 6.34. The molecular formula is C8H14N4S. The van der Waals surface area contributed by atoms with Crippen LogP contribution in [0, 0.1) is 0 Å². The highest BCUT2D eigenvalue weighted by Crippen LogP contribution is 2.11. The molecule has 0 spiro atoms. The summed E-state index contributed by atoms with van der Waals surface area (Å²) in [7, 11) is 0. The van der Waals surface area contributed by atoms with Gasteiger partial charge in [-0.15, -0.1) is 0 Å². The third-order valence-corrected chi connectivity index (χ3v) is 2.94. The lowest BCUT2D eigenvalue weighted by atomic mass is 10.1. The van der Waals surface area contributed by atoms with Gasteiger partial charge in [0.05, 0.1) is 23.6 Å². The van der Waals surface area contributed by atoms with Crippen molar-refractivity contribution >= 4 is 11.7 Å². The fraction of sp³-hybridized carbons (Fsp3) is 0.750. The zero-order chi connectivity index (χ0) is 9.10. The highest BCUT2D eigenvalue weighted by atomic mass is 32.1. The summed E-state index contributed by atoms with van der Waals surface area (Å²) in [5, 5.41) is 0. The average Bonchev–Trinajstić information content (AvgIpc) is 2.62. The summed E-state index contributed by atoms with van der Waals surface area (Å²) in [6.07, 6.45) is 4.06. The molecule has 1 aliphatic heterocycles. The number of likely N-dealkylation sites (tertiary alicyclic amines) is 1. The number of rotatable bonds is 2. The van der Waals surface area contributed by atoms with E-state index in [1.54, 1.807) is 0 Å².